The number of hydrogen-bond donors (Lipinski definition) is 0. The van der Waals surface area contributed by atoms with Crippen molar-refractivity contribution in [2.45, 2.75) is 40.8 Å². The van der Waals surface area contributed by atoms with Gasteiger partial charge in [0.15, 0.2) is 12.4 Å². The van der Waals surface area contributed by atoms with Gasteiger partial charge < -0.3 is 57.8 Å². The lowest BCUT2D eigenvalue weighted by atomic mass is 9.99. The molecular weight excluding hydrogens is 910 g/mol. The van der Waals surface area contributed by atoms with E-state index in [0.717, 1.165) is 26.2 Å². The first kappa shape index (κ1) is 42.3. The first-order valence-electron chi connectivity index (χ1n) is 19.3. The minimum Gasteiger partial charge on any atom is -1.00 e. The van der Waals surface area contributed by atoms with Crippen LogP contribution < -0.4 is 66.9 Å². The number of aromatic nitrogens is 2. The molecule has 2 aliphatic rings. The van der Waals surface area contributed by atoms with Gasteiger partial charge in [0, 0.05) is 72.3 Å². The number of anilines is 2. The van der Waals surface area contributed by atoms with Crippen LogP contribution in [0.4, 0.5) is 11.4 Å². The molecule has 4 nitrogen and oxygen atoms in total. The van der Waals surface area contributed by atoms with Crippen molar-refractivity contribution in [3.8, 4) is 0 Å². The van der Waals surface area contributed by atoms with Crippen LogP contribution in [0.3, 0.4) is 0 Å². The van der Waals surface area contributed by atoms with Gasteiger partial charge in [0.1, 0.15) is 13.1 Å². The summed E-state index contributed by atoms with van der Waals surface area (Å²) in [7, 11) is 0. The van der Waals surface area contributed by atoms with Crippen molar-refractivity contribution in [3.05, 3.63) is 193 Å². The molecule has 0 saturated carbocycles. The molecule has 6 aromatic rings. The average Bonchev–Trinajstić information content (AvgIpc) is 3.24. The van der Waals surface area contributed by atoms with Gasteiger partial charge in [0.2, 0.25) is 11.0 Å². The summed E-state index contributed by atoms with van der Waals surface area (Å²) in [4.78, 5) is 4.56. The molecule has 0 amide bonds. The van der Waals surface area contributed by atoms with Crippen LogP contribution in [0.2, 0.25) is 0 Å². The van der Waals surface area contributed by atoms with E-state index in [1.807, 2.05) is 0 Å². The highest BCUT2D eigenvalue weighted by atomic mass is 127. The van der Waals surface area contributed by atoms with E-state index in [9.17, 15) is 0 Å². The van der Waals surface area contributed by atoms with E-state index >= 15 is 0 Å². The third-order valence-corrected chi connectivity index (χ3v) is 10.3. The van der Waals surface area contributed by atoms with E-state index in [4.69, 9.17) is 0 Å². The molecule has 2 aromatic heterocycles. The number of allylic oxidation sites excluding steroid dienone is 8. The van der Waals surface area contributed by atoms with Crippen molar-refractivity contribution in [1.29, 1.82) is 0 Å². The molecule has 0 unspecified atom stereocenters. The second-order valence-corrected chi connectivity index (χ2v) is 13.3. The molecule has 2 aliphatic heterocycles. The van der Waals surface area contributed by atoms with Gasteiger partial charge in [-0.2, -0.15) is 9.13 Å². The van der Waals surface area contributed by atoms with Crippen LogP contribution in [0, 0.1) is 0 Å². The lowest BCUT2D eigenvalue weighted by Crippen LogP contribution is -3.00. The molecule has 0 atom stereocenters. The fourth-order valence-corrected chi connectivity index (χ4v) is 7.43. The summed E-state index contributed by atoms with van der Waals surface area (Å²) in [6.07, 6.45) is 26.2. The number of hydrogen-bond acceptors (Lipinski definition) is 2. The Bertz CT molecular complexity index is 2300. The summed E-state index contributed by atoms with van der Waals surface area (Å²) < 4.78 is 4.56. The van der Waals surface area contributed by atoms with Gasteiger partial charge in [-0.25, -0.2) is 0 Å². The van der Waals surface area contributed by atoms with Crippen LogP contribution in [0.15, 0.2) is 170 Å². The third kappa shape index (κ3) is 9.24. The maximum Gasteiger partial charge on any atom is 0.213 e. The first-order chi connectivity index (χ1) is 26.6. The van der Waals surface area contributed by atoms with Crippen LogP contribution in [0.5, 0.6) is 0 Å². The van der Waals surface area contributed by atoms with E-state index in [1.165, 1.54) is 66.6 Å². The predicted octanol–water partition coefficient (Wildman–Crippen LogP) is 5.20. The molecule has 284 valence electrons. The number of nitrogens with zero attached hydrogens (tertiary/aromatic N) is 4. The van der Waals surface area contributed by atoms with Gasteiger partial charge in [0.25, 0.3) is 0 Å². The van der Waals surface area contributed by atoms with Gasteiger partial charge >= 0.3 is 0 Å². The average molecular weight is 961 g/mol. The number of benzene rings is 4. The Morgan fingerprint density at radius 1 is 0.482 bits per heavy atom. The smallest absolute Gasteiger partial charge is 0.213 e. The van der Waals surface area contributed by atoms with E-state index in [0.29, 0.717) is 0 Å². The fourth-order valence-electron chi connectivity index (χ4n) is 7.43. The van der Waals surface area contributed by atoms with Gasteiger partial charge in [-0.3, -0.25) is 0 Å². The first-order valence-corrected chi connectivity index (χ1v) is 19.3. The zero-order valence-electron chi connectivity index (χ0n) is 32.7. The van der Waals surface area contributed by atoms with Gasteiger partial charge in [0.05, 0.1) is 10.8 Å². The molecule has 8 rings (SSSR count). The Morgan fingerprint density at radius 3 is 1.29 bits per heavy atom. The molecule has 6 heteroatoms. The van der Waals surface area contributed by atoms with E-state index in [1.54, 1.807) is 0 Å². The van der Waals surface area contributed by atoms with E-state index in [2.05, 4.69) is 229 Å². The molecular formula is C50H50I2N4. The van der Waals surface area contributed by atoms with Crippen LogP contribution in [0.1, 0.15) is 49.9 Å². The summed E-state index contributed by atoms with van der Waals surface area (Å²) in [5.41, 5.74) is 12.7. The summed E-state index contributed by atoms with van der Waals surface area (Å²) in [5.74, 6) is 0. The maximum atomic E-state index is 2.28. The number of fused-ring (bicyclic) bond motifs is 4. The normalized spacial score (nSPS) is 14.5. The van der Waals surface area contributed by atoms with E-state index in [-0.39, 0.29) is 48.0 Å². The van der Waals surface area contributed by atoms with Crippen LogP contribution >= 0.6 is 0 Å². The summed E-state index contributed by atoms with van der Waals surface area (Å²) in [6, 6.07) is 38.8. The van der Waals surface area contributed by atoms with Crippen LogP contribution in [-0.2, 0) is 13.1 Å². The number of aryl methyl sites for hydroxylation is 2. The lowest BCUT2D eigenvalue weighted by Gasteiger charge is -2.26. The minimum atomic E-state index is 0. The van der Waals surface area contributed by atoms with Crippen molar-refractivity contribution >= 4 is 56.5 Å². The highest BCUT2D eigenvalue weighted by molar-refractivity contribution is 5.90. The van der Waals surface area contributed by atoms with Crippen molar-refractivity contribution in [1.82, 2.24) is 0 Å². The topological polar surface area (TPSA) is 14.2 Å². The summed E-state index contributed by atoms with van der Waals surface area (Å²) >= 11 is 0. The van der Waals surface area contributed by atoms with Gasteiger partial charge in [-0.1, -0.05) is 97.1 Å². The molecule has 0 bridgehead atoms. The zero-order valence-corrected chi connectivity index (χ0v) is 37.0. The second-order valence-electron chi connectivity index (χ2n) is 13.3. The Hall–Kier alpha value is -4.80. The molecule has 0 aliphatic carbocycles. The molecule has 56 heavy (non-hydrogen) atoms. The summed E-state index contributed by atoms with van der Waals surface area (Å²) in [6.45, 7) is 12.6. The standard InChI is InChI=1S/2C25H25N2.2HI/c2*1-3-26-18-16-20(22-12-5-7-14-24(22)26)10-9-11-21-17-19-27(4-2)25-15-8-6-13-23(21)25;;/h2*5-19H,3-4H2,1-2H3;2*1H/q2*+1;;/p-2. The molecule has 0 radical (unpaired) electrons. The maximum absolute atomic E-state index is 2.28. The number of para-hydroxylation sites is 4. The van der Waals surface area contributed by atoms with E-state index < -0.39 is 0 Å². The van der Waals surface area contributed by atoms with Crippen molar-refractivity contribution in [2.75, 3.05) is 22.9 Å². The minimum absolute atomic E-state index is 0. The SMILES string of the molecule is CCN1C=CC(=CC=Cc2cc[n+](CC)c3ccccc23)c2ccccc21.CCN1C=CC(=CC=Cc2cc[n+](CC)c3ccccc23)c2ccccc21.[I-].[I-]. The Labute approximate surface area is 367 Å². The largest absolute Gasteiger partial charge is 1.00 e. The van der Waals surface area contributed by atoms with Crippen molar-refractivity contribution < 1.29 is 57.1 Å². The quantitative estimate of drug-likeness (QED) is 0.154. The number of pyridine rings is 2. The number of halogens is 2. The third-order valence-electron chi connectivity index (χ3n) is 10.3. The van der Waals surface area contributed by atoms with Gasteiger partial charge in [-0.15, -0.1) is 0 Å². The molecule has 0 N–H and O–H groups in total. The Balaban J connectivity index is 0.000000207. The Kier molecular flexibility index (Phi) is 15.4. The zero-order chi connectivity index (χ0) is 37.3. The molecule has 0 fully saturated rings. The number of rotatable bonds is 8. The molecule has 4 heterocycles. The van der Waals surface area contributed by atoms with Gasteiger partial charge in [-0.05, 0) is 86.4 Å². The Morgan fingerprint density at radius 2 is 0.875 bits per heavy atom. The fraction of sp³-hybridized carbons (Fsp3) is 0.160. The van der Waals surface area contributed by atoms with Crippen LogP contribution in [-0.4, -0.2) is 13.1 Å². The van der Waals surface area contributed by atoms with Crippen LogP contribution in [0.25, 0.3) is 45.1 Å². The second kappa shape index (κ2) is 20.4. The highest BCUT2D eigenvalue weighted by Crippen LogP contribution is 2.34. The highest BCUT2D eigenvalue weighted by Gasteiger charge is 2.15. The van der Waals surface area contributed by atoms with Crippen molar-refractivity contribution in [3.63, 3.8) is 0 Å². The predicted molar refractivity (Wildman–Crippen MR) is 231 cm³/mol. The molecule has 0 spiro atoms. The summed E-state index contributed by atoms with van der Waals surface area (Å²) in [5, 5.41) is 2.57. The molecule has 0 saturated heterocycles. The molecule has 4 aromatic carbocycles. The van der Waals surface area contributed by atoms with Crippen molar-refractivity contribution in [2.24, 2.45) is 0 Å². The monoisotopic (exact) mass is 960 g/mol. The lowest BCUT2D eigenvalue weighted by molar-refractivity contribution is -0.668.